The zero-order chi connectivity index (χ0) is 14.3. The highest BCUT2D eigenvalue weighted by molar-refractivity contribution is 5.81. The summed E-state index contributed by atoms with van der Waals surface area (Å²) in [7, 11) is 0. The molecular formula is C11H15N5O4. The van der Waals surface area contributed by atoms with E-state index < -0.39 is 17.9 Å². The summed E-state index contributed by atoms with van der Waals surface area (Å²) in [5, 5.41) is 28.8. The van der Waals surface area contributed by atoms with Crippen molar-refractivity contribution < 1.29 is 20.1 Å². The molecule has 3 rings (SSSR count). The molecule has 0 amide bonds. The smallest absolute Gasteiger partial charge is 0.167 e. The molecule has 1 aliphatic rings. The number of ether oxygens (including phenoxy) is 1. The second kappa shape index (κ2) is 4.63. The van der Waals surface area contributed by atoms with Crippen molar-refractivity contribution in [1.29, 1.82) is 0 Å². The van der Waals surface area contributed by atoms with E-state index in [9.17, 15) is 15.3 Å². The van der Waals surface area contributed by atoms with Crippen molar-refractivity contribution in [1.82, 2.24) is 19.5 Å². The molecule has 5 N–H and O–H groups in total. The van der Waals surface area contributed by atoms with E-state index in [2.05, 4.69) is 15.0 Å². The van der Waals surface area contributed by atoms with Gasteiger partial charge in [0.2, 0.25) is 0 Å². The third-order valence-corrected chi connectivity index (χ3v) is 3.52. The van der Waals surface area contributed by atoms with Crippen LogP contribution in [0, 0.1) is 0 Å². The van der Waals surface area contributed by atoms with Gasteiger partial charge >= 0.3 is 0 Å². The number of nitrogens with two attached hydrogens (primary N) is 1. The lowest BCUT2D eigenvalue weighted by atomic mass is 10.0. The molecule has 0 radical (unpaired) electrons. The van der Waals surface area contributed by atoms with Gasteiger partial charge in [0.05, 0.1) is 19.5 Å². The van der Waals surface area contributed by atoms with Crippen LogP contribution in [0.15, 0.2) is 12.7 Å². The van der Waals surface area contributed by atoms with E-state index in [0.717, 1.165) is 0 Å². The number of imidazole rings is 1. The van der Waals surface area contributed by atoms with E-state index in [4.69, 9.17) is 10.5 Å². The molecule has 2 aromatic rings. The van der Waals surface area contributed by atoms with Crippen LogP contribution in [0.3, 0.4) is 0 Å². The molecule has 1 aliphatic heterocycles. The van der Waals surface area contributed by atoms with Gasteiger partial charge in [-0.15, -0.1) is 0 Å². The predicted octanol–water partition coefficient (Wildman–Crippen LogP) is -1.59. The van der Waals surface area contributed by atoms with Gasteiger partial charge in [0.15, 0.2) is 17.7 Å². The lowest BCUT2D eigenvalue weighted by Crippen LogP contribution is -2.37. The molecule has 0 bridgehead atoms. The van der Waals surface area contributed by atoms with Gasteiger partial charge in [0, 0.05) is 6.42 Å². The molecule has 1 fully saturated rings. The number of hydrogen-bond acceptors (Lipinski definition) is 8. The minimum Gasteiger partial charge on any atom is -0.393 e. The first-order valence-corrected chi connectivity index (χ1v) is 6.11. The summed E-state index contributed by atoms with van der Waals surface area (Å²) in [5.74, 6) is 0.233. The molecule has 0 aromatic carbocycles. The minimum atomic E-state index is -1.17. The van der Waals surface area contributed by atoms with Crippen LogP contribution in [-0.4, -0.2) is 59.8 Å². The molecule has 3 heterocycles. The number of aliphatic hydroxyl groups excluding tert-OH is 3. The van der Waals surface area contributed by atoms with Crippen LogP contribution in [-0.2, 0) is 4.74 Å². The number of nitrogens with zero attached hydrogens (tertiary/aromatic N) is 4. The van der Waals surface area contributed by atoms with Crippen molar-refractivity contribution in [2.75, 3.05) is 18.9 Å². The maximum atomic E-state index is 10.1. The van der Waals surface area contributed by atoms with Gasteiger partial charge in [-0.05, 0) is 0 Å². The third-order valence-electron chi connectivity index (χ3n) is 3.52. The van der Waals surface area contributed by atoms with Crippen LogP contribution < -0.4 is 5.73 Å². The van der Waals surface area contributed by atoms with Crippen LogP contribution in [0.2, 0.25) is 0 Å². The summed E-state index contributed by atoms with van der Waals surface area (Å²) < 4.78 is 7.14. The number of aromatic nitrogens is 4. The number of hydrogen-bond donors (Lipinski definition) is 4. The Balaban J connectivity index is 2.02. The Labute approximate surface area is 113 Å². The van der Waals surface area contributed by atoms with Crippen LogP contribution >= 0.6 is 0 Å². The number of fused-ring (bicyclic) bond motifs is 1. The van der Waals surface area contributed by atoms with Gasteiger partial charge in [0.1, 0.15) is 23.5 Å². The summed E-state index contributed by atoms with van der Waals surface area (Å²) in [6.45, 7) is -0.776. The van der Waals surface area contributed by atoms with Gasteiger partial charge in [-0.3, -0.25) is 4.57 Å². The molecule has 1 saturated heterocycles. The van der Waals surface area contributed by atoms with Crippen molar-refractivity contribution in [3.05, 3.63) is 12.7 Å². The van der Waals surface area contributed by atoms with Gasteiger partial charge in [-0.2, -0.15) is 0 Å². The van der Waals surface area contributed by atoms with Crippen LogP contribution in [0.4, 0.5) is 5.82 Å². The van der Waals surface area contributed by atoms with Gasteiger partial charge in [-0.25, -0.2) is 15.0 Å². The van der Waals surface area contributed by atoms with E-state index in [1.807, 2.05) is 0 Å². The predicted molar refractivity (Wildman–Crippen MR) is 67.4 cm³/mol. The zero-order valence-corrected chi connectivity index (χ0v) is 10.5. The molecule has 9 heteroatoms. The second-order valence-electron chi connectivity index (χ2n) is 4.86. The fourth-order valence-electron chi connectivity index (χ4n) is 2.42. The van der Waals surface area contributed by atoms with Gasteiger partial charge in [0.25, 0.3) is 0 Å². The van der Waals surface area contributed by atoms with Gasteiger partial charge in [-0.1, -0.05) is 0 Å². The van der Waals surface area contributed by atoms with E-state index in [0.29, 0.717) is 11.2 Å². The fraction of sp³-hybridized carbons (Fsp3) is 0.545. The Kier molecular flexibility index (Phi) is 3.05. The molecule has 9 nitrogen and oxygen atoms in total. The highest BCUT2D eigenvalue weighted by Crippen LogP contribution is 2.37. The lowest BCUT2D eigenvalue weighted by Gasteiger charge is -2.24. The van der Waals surface area contributed by atoms with Crippen LogP contribution in [0.25, 0.3) is 11.2 Å². The SMILES string of the molecule is Nc1ncnc2c1ncn2[C@@H]1OC(CO)(CO)C[C@H]1O. The van der Waals surface area contributed by atoms with E-state index >= 15 is 0 Å². The zero-order valence-electron chi connectivity index (χ0n) is 10.5. The summed E-state index contributed by atoms with van der Waals surface area (Å²) in [6, 6.07) is 0. The first-order valence-electron chi connectivity index (χ1n) is 6.11. The van der Waals surface area contributed by atoms with E-state index in [1.165, 1.54) is 17.2 Å². The monoisotopic (exact) mass is 281 g/mol. The maximum Gasteiger partial charge on any atom is 0.167 e. The molecule has 0 saturated carbocycles. The number of anilines is 1. The quantitative estimate of drug-likeness (QED) is 0.528. The normalized spacial score (nSPS) is 25.4. The fourth-order valence-corrected chi connectivity index (χ4v) is 2.42. The summed E-state index contributed by atoms with van der Waals surface area (Å²) in [5.41, 5.74) is 5.37. The molecule has 0 unspecified atom stereocenters. The molecular weight excluding hydrogens is 266 g/mol. The number of aliphatic hydroxyl groups is 3. The van der Waals surface area contributed by atoms with Crippen molar-refractivity contribution in [2.24, 2.45) is 0 Å². The first-order chi connectivity index (χ1) is 9.60. The van der Waals surface area contributed by atoms with Crippen molar-refractivity contribution in [3.63, 3.8) is 0 Å². The average Bonchev–Trinajstić information content (AvgIpc) is 3.01. The Hall–Kier alpha value is -1.81. The standard InChI is InChI=1S/C11H15N5O4/c12-8-7-9(14-4-13-8)16(5-15-7)10-6(19)1-11(2-17,3-18)20-10/h4-6,10,17-19H,1-3H2,(H2,12,13,14)/t6-,10-/m1/s1. The van der Waals surface area contributed by atoms with Crippen molar-refractivity contribution in [2.45, 2.75) is 24.4 Å². The molecule has 0 spiro atoms. The Morgan fingerprint density at radius 2 is 2.10 bits per heavy atom. The van der Waals surface area contributed by atoms with Crippen LogP contribution in [0.1, 0.15) is 12.6 Å². The Bertz CT molecular complexity index is 626. The molecule has 20 heavy (non-hydrogen) atoms. The highest BCUT2D eigenvalue weighted by atomic mass is 16.6. The molecule has 2 atom stereocenters. The van der Waals surface area contributed by atoms with E-state index in [-0.39, 0.29) is 25.5 Å². The summed E-state index contributed by atoms with van der Waals surface area (Å²) in [4.78, 5) is 12.0. The van der Waals surface area contributed by atoms with Crippen molar-refractivity contribution in [3.8, 4) is 0 Å². The molecule has 2 aromatic heterocycles. The first kappa shape index (κ1) is 13.2. The topological polar surface area (TPSA) is 140 Å². The number of rotatable bonds is 3. The summed E-state index contributed by atoms with van der Waals surface area (Å²) in [6.07, 6.45) is 1.15. The van der Waals surface area contributed by atoms with Crippen molar-refractivity contribution >= 4 is 17.0 Å². The Morgan fingerprint density at radius 1 is 1.35 bits per heavy atom. The third kappa shape index (κ3) is 1.83. The molecule has 0 aliphatic carbocycles. The van der Waals surface area contributed by atoms with E-state index in [1.54, 1.807) is 0 Å². The molecule has 108 valence electrons. The minimum absolute atomic E-state index is 0.116. The van der Waals surface area contributed by atoms with Crippen LogP contribution in [0.5, 0.6) is 0 Å². The largest absolute Gasteiger partial charge is 0.393 e. The highest BCUT2D eigenvalue weighted by Gasteiger charge is 2.46. The Morgan fingerprint density at radius 3 is 2.75 bits per heavy atom. The van der Waals surface area contributed by atoms with Gasteiger partial charge < -0.3 is 25.8 Å². The summed E-state index contributed by atoms with van der Waals surface area (Å²) >= 11 is 0. The average molecular weight is 281 g/mol. The number of nitrogen functional groups attached to an aromatic ring is 1. The second-order valence-corrected chi connectivity index (χ2v) is 4.86. The lowest BCUT2D eigenvalue weighted by molar-refractivity contribution is -0.127. The maximum absolute atomic E-state index is 10.1.